The molecule has 0 unspecified atom stereocenters. The van der Waals surface area contributed by atoms with Crippen molar-refractivity contribution in [3.8, 4) is 0 Å². The van der Waals surface area contributed by atoms with E-state index in [2.05, 4.69) is 13.8 Å². The number of carbonyl (C=O) groups excluding carboxylic acids is 1. The maximum Gasteiger partial charge on any atom is 0.151 e. The first-order valence-electron chi connectivity index (χ1n) is 10.2. The molecule has 0 spiro atoms. The Balaban J connectivity index is 1.60. The zero-order valence-corrected chi connectivity index (χ0v) is 16.0. The average molecular weight is 353 g/mol. The Morgan fingerprint density at radius 2 is 1.71 bits per heavy atom. The summed E-state index contributed by atoms with van der Waals surface area (Å²) in [5, 5.41) is 10.1. The lowest BCUT2D eigenvalue weighted by atomic mass is 9.44. The van der Waals surface area contributed by atoms with Crippen LogP contribution in [0.4, 0.5) is 0 Å². The van der Waals surface area contributed by atoms with Crippen LogP contribution in [0.5, 0.6) is 0 Å². The van der Waals surface area contributed by atoms with Crippen molar-refractivity contribution in [3.63, 3.8) is 0 Å². The van der Waals surface area contributed by atoms with Crippen LogP contribution in [0.3, 0.4) is 0 Å². The highest BCUT2D eigenvalue weighted by atomic mass is 35.5. The van der Waals surface area contributed by atoms with Gasteiger partial charge in [-0.2, -0.15) is 0 Å². The molecular formula is C21H33ClO2. The predicted octanol–water partition coefficient (Wildman–Crippen LogP) is 4.81. The Morgan fingerprint density at radius 1 is 1.00 bits per heavy atom. The van der Waals surface area contributed by atoms with Crippen molar-refractivity contribution in [1.29, 1.82) is 0 Å². The Morgan fingerprint density at radius 3 is 2.46 bits per heavy atom. The quantitative estimate of drug-likeness (QED) is 0.724. The van der Waals surface area contributed by atoms with E-state index in [4.69, 9.17) is 11.6 Å². The second kappa shape index (κ2) is 5.98. The van der Waals surface area contributed by atoms with E-state index in [0.29, 0.717) is 17.1 Å². The lowest BCUT2D eigenvalue weighted by molar-refractivity contribution is -0.138. The molecule has 4 rings (SSSR count). The number of aliphatic hydroxyl groups is 1. The first-order valence-corrected chi connectivity index (χ1v) is 10.7. The summed E-state index contributed by atoms with van der Waals surface area (Å²) >= 11 is 5.92. The van der Waals surface area contributed by atoms with Gasteiger partial charge in [0, 0.05) is 5.92 Å². The van der Waals surface area contributed by atoms with Gasteiger partial charge in [0.05, 0.1) is 12.0 Å². The molecule has 4 aliphatic carbocycles. The minimum Gasteiger partial charge on any atom is -0.393 e. The van der Waals surface area contributed by atoms with Crippen molar-refractivity contribution in [2.75, 3.05) is 5.88 Å². The second-order valence-electron chi connectivity index (χ2n) is 9.86. The molecule has 4 saturated carbocycles. The average Bonchev–Trinajstić information content (AvgIpc) is 2.92. The smallest absolute Gasteiger partial charge is 0.151 e. The number of aliphatic hydroxyl groups excluding tert-OH is 1. The summed E-state index contributed by atoms with van der Waals surface area (Å²) in [6, 6.07) is 0. The topological polar surface area (TPSA) is 37.3 Å². The fourth-order valence-corrected chi connectivity index (χ4v) is 8.04. The van der Waals surface area contributed by atoms with E-state index in [-0.39, 0.29) is 23.3 Å². The summed E-state index contributed by atoms with van der Waals surface area (Å²) in [5.74, 6) is 3.74. The number of ketones is 1. The second-order valence-corrected chi connectivity index (χ2v) is 10.1. The molecule has 0 radical (unpaired) electrons. The highest BCUT2D eigenvalue weighted by molar-refractivity contribution is 6.28. The number of Topliss-reactive ketones (excluding diaryl/α,β-unsaturated/α-hetero) is 1. The van der Waals surface area contributed by atoms with Crippen LogP contribution in [-0.2, 0) is 4.79 Å². The van der Waals surface area contributed by atoms with Gasteiger partial charge < -0.3 is 5.11 Å². The Hall–Kier alpha value is -0.0800. The predicted molar refractivity (Wildman–Crippen MR) is 97.0 cm³/mol. The SMILES string of the molecule is C[C@]12CC[C@@H](O)C[C@@H]1CC[C@H]1[C@H]2CC[C@]2(C)[C@H](C(=O)CCl)CC[C@@H]12. The summed E-state index contributed by atoms with van der Waals surface area (Å²) in [5.41, 5.74) is 0.628. The molecule has 8 atom stereocenters. The molecule has 4 aliphatic rings. The summed E-state index contributed by atoms with van der Waals surface area (Å²) in [7, 11) is 0. The van der Waals surface area contributed by atoms with Crippen LogP contribution in [0.15, 0.2) is 0 Å². The molecule has 0 aromatic heterocycles. The van der Waals surface area contributed by atoms with E-state index in [0.717, 1.165) is 37.0 Å². The molecule has 0 bridgehead atoms. The highest BCUT2D eigenvalue weighted by Gasteiger charge is 2.60. The first kappa shape index (κ1) is 17.3. The lowest BCUT2D eigenvalue weighted by Gasteiger charge is -2.60. The van der Waals surface area contributed by atoms with Crippen molar-refractivity contribution in [3.05, 3.63) is 0 Å². The summed E-state index contributed by atoms with van der Waals surface area (Å²) in [6.45, 7) is 4.93. The third-order valence-electron chi connectivity index (χ3n) is 9.16. The minimum atomic E-state index is -0.0642. The molecular weight excluding hydrogens is 320 g/mol. The summed E-state index contributed by atoms with van der Waals surface area (Å²) in [6.07, 6.45) is 10.5. The summed E-state index contributed by atoms with van der Waals surface area (Å²) < 4.78 is 0. The van der Waals surface area contributed by atoms with Crippen LogP contribution in [0.1, 0.15) is 71.6 Å². The molecule has 136 valence electrons. The molecule has 0 aromatic rings. The van der Waals surface area contributed by atoms with Gasteiger partial charge in [0.15, 0.2) is 5.78 Å². The molecule has 0 aromatic carbocycles. The fourth-order valence-electron chi connectivity index (χ4n) is 7.86. The number of alkyl halides is 1. The van der Waals surface area contributed by atoms with Crippen molar-refractivity contribution >= 4 is 17.4 Å². The number of hydrogen-bond donors (Lipinski definition) is 1. The van der Waals surface area contributed by atoms with Gasteiger partial charge in [0.25, 0.3) is 0 Å². The highest BCUT2D eigenvalue weighted by Crippen LogP contribution is 2.67. The van der Waals surface area contributed by atoms with Crippen molar-refractivity contribution in [1.82, 2.24) is 0 Å². The van der Waals surface area contributed by atoms with Crippen molar-refractivity contribution < 1.29 is 9.90 Å². The van der Waals surface area contributed by atoms with Gasteiger partial charge in [0.2, 0.25) is 0 Å². The van der Waals surface area contributed by atoms with Crippen LogP contribution in [0.25, 0.3) is 0 Å². The minimum absolute atomic E-state index is 0.0642. The monoisotopic (exact) mass is 352 g/mol. The molecule has 0 amide bonds. The van der Waals surface area contributed by atoms with Crippen molar-refractivity contribution in [2.45, 2.75) is 77.7 Å². The standard InChI is InChI=1S/C21H33ClO2/c1-20-9-7-14(23)11-13(20)3-4-15-16-5-6-18(19(24)12-22)21(16,2)10-8-17(15)20/h13-18,23H,3-12H2,1-2H3/t13-,14+,15+,16-,17+,18-,20-,21-/m0/s1. The van der Waals surface area contributed by atoms with E-state index in [9.17, 15) is 9.90 Å². The van der Waals surface area contributed by atoms with Crippen LogP contribution >= 0.6 is 11.6 Å². The van der Waals surface area contributed by atoms with Crippen LogP contribution in [0.2, 0.25) is 0 Å². The molecule has 0 heterocycles. The van der Waals surface area contributed by atoms with Gasteiger partial charge in [0.1, 0.15) is 0 Å². The Bertz CT molecular complexity index is 520. The van der Waals surface area contributed by atoms with Gasteiger partial charge in [-0.1, -0.05) is 13.8 Å². The van der Waals surface area contributed by atoms with Gasteiger partial charge in [-0.15, -0.1) is 11.6 Å². The number of halogens is 1. The van der Waals surface area contributed by atoms with E-state index >= 15 is 0 Å². The van der Waals surface area contributed by atoms with Gasteiger partial charge in [-0.05, 0) is 92.3 Å². The fraction of sp³-hybridized carbons (Fsp3) is 0.952. The van der Waals surface area contributed by atoms with Gasteiger partial charge >= 0.3 is 0 Å². The van der Waals surface area contributed by atoms with Crippen LogP contribution in [-0.4, -0.2) is 22.9 Å². The molecule has 1 N–H and O–H groups in total. The number of hydrogen-bond acceptors (Lipinski definition) is 2. The van der Waals surface area contributed by atoms with E-state index in [1.54, 1.807) is 0 Å². The number of fused-ring (bicyclic) bond motifs is 5. The molecule has 24 heavy (non-hydrogen) atoms. The van der Waals surface area contributed by atoms with E-state index in [1.165, 1.54) is 38.5 Å². The Labute approximate surface area is 151 Å². The normalized spacial score (nSPS) is 53.8. The third-order valence-corrected chi connectivity index (χ3v) is 9.42. The number of carbonyl (C=O) groups is 1. The zero-order chi connectivity index (χ0) is 17.1. The Kier molecular flexibility index (Phi) is 4.32. The van der Waals surface area contributed by atoms with Gasteiger partial charge in [-0.3, -0.25) is 4.79 Å². The van der Waals surface area contributed by atoms with Crippen LogP contribution < -0.4 is 0 Å². The van der Waals surface area contributed by atoms with E-state index < -0.39 is 0 Å². The van der Waals surface area contributed by atoms with E-state index in [1.807, 2.05) is 0 Å². The van der Waals surface area contributed by atoms with Gasteiger partial charge in [-0.25, -0.2) is 0 Å². The molecule has 0 saturated heterocycles. The largest absolute Gasteiger partial charge is 0.393 e. The maximum absolute atomic E-state index is 12.4. The molecule has 4 fully saturated rings. The summed E-state index contributed by atoms with van der Waals surface area (Å²) in [4.78, 5) is 12.4. The molecule has 0 aliphatic heterocycles. The number of rotatable bonds is 2. The molecule has 3 heteroatoms. The first-order chi connectivity index (χ1) is 11.4. The van der Waals surface area contributed by atoms with Crippen LogP contribution in [0, 0.1) is 40.4 Å². The zero-order valence-electron chi connectivity index (χ0n) is 15.3. The van der Waals surface area contributed by atoms with Crippen molar-refractivity contribution in [2.24, 2.45) is 40.4 Å². The third kappa shape index (κ3) is 2.35. The maximum atomic E-state index is 12.4. The lowest BCUT2D eigenvalue weighted by Crippen LogP contribution is -2.54. The molecule has 2 nitrogen and oxygen atoms in total.